The maximum absolute atomic E-state index is 6.06. The van der Waals surface area contributed by atoms with Gasteiger partial charge in [-0.2, -0.15) is 0 Å². The molecule has 1 saturated heterocycles. The molecule has 0 radical (unpaired) electrons. The Kier molecular flexibility index (Phi) is 7.33. The molecule has 2 atom stereocenters. The molecule has 0 spiro atoms. The molecule has 0 aromatic carbocycles. The first-order chi connectivity index (χ1) is 10.6. The Morgan fingerprint density at radius 2 is 1.83 bits per heavy atom. The van der Waals surface area contributed by atoms with Gasteiger partial charge >= 0.3 is 0 Å². The third kappa shape index (κ3) is 6.30. The summed E-state index contributed by atoms with van der Waals surface area (Å²) in [7, 11) is 6.03. The highest BCUT2D eigenvalue weighted by atomic mass is 16.5. The van der Waals surface area contributed by atoms with E-state index in [-0.39, 0.29) is 11.0 Å². The van der Waals surface area contributed by atoms with Gasteiger partial charge in [0.25, 0.3) is 0 Å². The normalized spacial score (nSPS) is 24.0. The van der Waals surface area contributed by atoms with Crippen molar-refractivity contribution in [3.05, 3.63) is 0 Å². The number of likely N-dealkylation sites (N-methyl/N-ethyl adjacent to an activating group) is 1. The van der Waals surface area contributed by atoms with E-state index in [1.165, 1.54) is 6.42 Å². The average Bonchev–Trinajstić information content (AvgIpc) is 2.46. The Hall–Kier alpha value is -0.810. The summed E-state index contributed by atoms with van der Waals surface area (Å²) in [4.78, 5) is 6.58. The van der Waals surface area contributed by atoms with Crippen LogP contribution in [-0.2, 0) is 4.74 Å². The fraction of sp³-hybridized carbons (Fsp3) is 0.944. The van der Waals surface area contributed by atoms with Crippen LogP contribution in [0.25, 0.3) is 0 Å². The molecule has 1 fully saturated rings. The number of nitrogens with zero attached hydrogens (tertiary/aromatic N) is 2. The van der Waals surface area contributed by atoms with Gasteiger partial charge in [0.15, 0.2) is 5.96 Å². The van der Waals surface area contributed by atoms with Crippen LogP contribution >= 0.6 is 0 Å². The molecule has 5 nitrogen and oxygen atoms in total. The lowest BCUT2D eigenvalue weighted by atomic mass is 9.78. The van der Waals surface area contributed by atoms with Gasteiger partial charge in [-0.1, -0.05) is 20.8 Å². The molecule has 0 aromatic rings. The highest BCUT2D eigenvalue weighted by Crippen LogP contribution is 2.33. The molecule has 0 aromatic heterocycles. The molecule has 0 bridgehead atoms. The summed E-state index contributed by atoms with van der Waals surface area (Å²) in [5, 5.41) is 6.93. The smallest absolute Gasteiger partial charge is 0.191 e. The highest BCUT2D eigenvalue weighted by Gasteiger charge is 2.35. The fourth-order valence-corrected chi connectivity index (χ4v) is 2.92. The minimum absolute atomic E-state index is 0.0829. The van der Waals surface area contributed by atoms with E-state index in [1.807, 2.05) is 7.05 Å². The van der Waals surface area contributed by atoms with Gasteiger partial charge in [0.2, 0.25) is 0 Å². The summed E-state index contributed by atoms with van der Waals surface area (Å²) in [6, 6.07) is 0. The molecular formula is C18H38N4O. The van der Waals surface area contributed by atoms with Crippen molar-refractivity contribution < 1.29 is 4.74 Å². The fourth-order valence-electron chi connectivity index (χ4n) is 2.92. The standard InChI is InChI=1S/C18H38N4O/c1-17(2,3)15-14(10-9-11-23-15)12-20-16(19-6)21-13-18(4,5)22(7)8/h14-15H,9-13H2,1-8H3,(H2,19,20,21). The molecule has 136 valence electrons. The van der Waals surface area contributed by atoms with E-state index in [0.717, 1.165) is 32.1 Å². The van der Waals surface area contributed by atoms with E-state index >= 15 is 0 Å². The Morgan fingerprint density at radius 3 is 2.35 bits per heavy atom. The summed E-state index contributed by atoms with van der Waals surface area (Å²) < 4.78 is 6.06. The molecule has 0 saturated carbocycles. The SMILES string of the molecule is CN=C(NCC1CCCOC1C(C)(C)C)NCC(C)(C)N(C)C. The Bertz CT molecular complexity index is 385. The summed E-state index contributed by atoms with van der Waals surface area (Å²) in [6.07, 6.45) is 2.67. The zero-order chi connectivity index (χ0) is 17.7. The minimum atomic E-state index is 0.0829. The van der Waals surface area contributed by atoms with Gasteiger partial charge in [0.05, 0.1) is 6.10 Å². The Balaban J connectivity index is 2.53. The molecule has 0 aliphatic carbocycles. The van der Waals surface area contributed by atoms with Gasteiger partial charge in [-0.15, -0.1) is 0 Å². The van der Waals surface area contributed by atoms with Crippen LogP contribution in [0.5, 0.6) is 0 Å². The number of ether oxygens (including phenoxy) is 1. The molecule has 2 N–H and O–H groups in total. The van der Waals surface area contributed by atoms with Crippen LogP contribution in [0.1, 0.15) is 47.5 Å². The van der Waals surface area contributed by atoms with Gasteiger partial charge < -0.3 is 20.3 Å². The molecule has 0 amide bonds. The van der Waals surface area contributed by atoms with Crippen molar-refractivity contribution in [2.24, 2.45) is 16.3 Å². The topological polar surface area (TPSA) is 48.9 Å². The Labute approximate surface area is 143 Å². The van der Waals surface area contributed by atoms with Gasteiger partial charge in [-0.3, -0.25) is 4.99 Å². The van der Waals surface area contributed by atoms with Gasteiger partial charge in [0, 0.05) is 38.2 Å². The number of aliphatic imine (C=N–C) groups is 1. The molecule has 5 heteroatoms. The third-order valence-corrected chi connectivity index (χ3v) is 4.95. The predicted molar refractivity (Wildman–Crippen MR) is 99.0 cm³/mol. The highest BCUT2D eigenvalue weighted by molar-refractivity contribution is 5.79. The van der Waals surface area contributed by atoms with Crippen LogP contribution in [0.3, 0.4) is 0 Å². The van der Waals surface area contributed by atoms with Crippen LogP contribution in [0.15, 0.2) is 4.99 Å². The second-order valence-corrected chi connectivity index (χ2v) is 8.57. The summed E-state index contributed by atoms with van der Waals surface area (Å²) in [6.45, 7) is 13.9. The van der Waals surface area contributed by atoms with E-state index in [2.05, 4.69) is 69.2 Å². The lowest BCUT2D eigenvalue weighted by molar-refractivity contribution is -0.0835. The lowest BCUT2D eigenvalue weighted by Gasteiger charge is -2.40. The van der Waals surface area contributed by atoms with E-state index in [9.17, 15) is 0 Å². The molecule has 23 heavy (non-hydrogen) atoms. The van der Waals surface area contributed by atoms with E-state index in [0.29, 0.717) is 12.0 Å². The first kappa shape index (κ1) is 20.2. The lowest BCUT2D eigenvalue weighted by Crippen LogP contribution is -2.52. The zero-order valence-corrected chi connectivity index (χ0v) is 16.5. The number of nitrogens with one attached hydrogen (secondary N) is 2. The third-order valence-electron chi connectivity index (χ3n) is 4.95. The second kappa shape index (κ2) is 8.34. The zero-order valence-electron chi connectivity index (χ0n) is 16.5. The van der Waals surface area contributed by atoms with Crippen LogP contribution in [0, 0.1) is 11.3 Å². The van der Waals surface area contributed by atoms with Gasteiger partial charge in [-0.25, -0.2) is 0 Å². The predicted octanol–water partition coefficient (Wildman–Crippen LogP) is 2.33. The van der Waals surface area contributed by atoms with Gasteiger partial charge in [0.1, 0.15) is 0 Å². The molecule has 1 heterocycles. The van der Waals surface area contributed by atoms with Crippen LogP contribution in [0.4, 0.5) is 0 Å². The summed E-state index contributed by atoms with van der Waals surface area (Å²) in [5.74, 6) is 1.40. The Morgan fingerprint density at radius 1 is 1.17 bits per heavy atom. The van der Waals surface area contributed by atoms with Crippen molar-refractivity contribution in [3.8, 4) is 0 Å². The molecule has 1 aliphatic heterocycles. The summed E-state index contributed by atoms with van der Waals surface area (Å²) >= 11 is 0. The van der Waals surface area contributed by atoms with Crippen LogP contribution < -0.4 is 10.6 Å². The number of hydrogen-bond acceptors (Lipinski definition) is 3. The van der Waals surface area contributed by atoms with Crippen LogP contribution in [-0.4, -0.2) is 63.3 Å². The van der Waals surface area contributed by atoms with Crippen LogP contribution in [0.2, 0.25) is 0 Å². The van der Waals surface area contributed by atoms with Gasteiger partial charge in [-0.05, 0) is 46.2 Å². The number of guanidine groups is 1. The maximum Gasteiger partial charge on any atom is 0.191 e. The van der Waals surface area contributed by atoms with E-state index in [4.69, 9.17) is 4.74 Å². The van der Waals surface area contributed by atoms with E-state index < -0.39 is 0 Å². The monoisotopic (exact) mass is 326 g/mol. The quantitative estimate of drug-likeness (QED) is 0.601. The second-order valence-electron chi connectivity index (χ2n) is 8.57. The maximum atomic E-state index is 6.06. The summed E-state index contributed by atoms with van der Waals surface area (Å²) in [5.41, 5.74) is 0.260. The molecule has 1 aliphatic rings. The van der Waals surface area contributed by atoms with Crippen molar-refractivity contribution in [1.82, 2.24) is 15.5 Å². The molecular weight excluding hydrogens is 288 g/mol. The van der Waals surface area contributed by atoms with Crippen molar-refractivity contribution >= 4 is 5.96 Å². The van der Waals surface area contributed by atoms with Crippen molar-refractivity contribution in [2.75, 3.05) is 40.8 Å². The molecule has 1 rings (SSSR count). The van der Waals surface area contributed by atoms with Crippen molar-refractivity contribution in [2.45, 2.75) is 59.1 Å². The van der Waals surface area contributed by atoms with E-state index in [1.54, 1.807) is 0 Å². The molecule has 2 unspecified atom stereocenters. The number of rotatable bonds is 5. The number of hydrogen-bond donors (Lipinski definition) is 2. The average molecular weight is 327 g/mol. The largest absolute Gasteiger partial charge is 0.377 e. The first-order valence-electron chi connectivity index (χ1n) is 8.81. The minimum Gasteiger partial charge on any atom is -0.377 e. The first-order valence-corrected chi connectivity index (χ1v) is 8.81. The van der Waals surface area contributed by atoms with Crippen molar-refractivity contribution in [3.63, 3.8) is 0 Å². The van der Waals surface area contributed by atoms with Crippen molar-refractivity contribution in [1.29, 1.82) is 0 Å².